The standard InChI is InChI=1S/C12H15ClN2O2/c1-3-9-7-5-6-8-10(9)14-15-11(13)12(16)17-4-2/h5-8,14H,3-4H2,1-2H3. The number of aryl methyl sites for hydroxylation is 1. The predicted molar refractivity (Wildman–Crippen MR) is 69.4 cm³/mol. The van der Waals surface area contributed by atoms with Crippen molar-refractivity contribution in [1.29, 1.82) is 0 Å². The highest BCUT2D eigenvalue weighted by Crippen LogP contribution is 2.15. The largest absolute Gasteiger partial charge is 0.461 e. The van der Waals surface area contributed by atoms with Gasteiger partial charge in [-0.05, 0) is 25.0 Å². The minimum absolute atomic E-state index is 0.210. The van der Waals surface area contributed by atoms with Crippen molar-refractivity contribution in [1.82, 2.24) is 0 Å². The molecule has 0 radical (unpaired) electrons. The first-order valence-electron chi connectivity index (χ1n) is 5.43. The zero-order valence-electron chi connectivity index (χ0n) is 9.87. The molecule has 0 bridgehead atoms. The van der Waals surface area contributed by atoms with Gasteiger partial charge in [-0.1, -0.05) is 36.7 Å². The molecule has 0 aliphatic rings. The zero-order chi connectivity index (χ0) is 12.7. The van der Waals surface area contributed by atoms with Crippen LogP contribution in [0.2, 0.25) is 0 Å². The normalized spacial score (nSPS) is 11.1. The van der Waals surface area contributed by atoms with Crippen molar-refractivity contribution in [3.63, 3.8) is 0 Å². The molecule has 0 saturated carbocycles. The quantitative estimate of drug-likeness (QED) is 0.499. The lowest BCUT2D eigenvalue weighted by atomic mass is 10.1. The van der Waals surface area contributed by atoms with Crippen LogP contribution in [0, 0.1) is 0 Å². The average molecular weight is 255 g/mol. The Bertz CT molecular complexity index is 419. The molecule has 0 spiro atoms. The van der Waals surface area contributed by atoms with E-state index < -0.39 is 5.97 Å². The molecule has 1 aromatic rings. The van der Waals surface area contributed by atoms with Gasteiger partial charge in [0.15, 0.2) is 0 Å². The molecule has 17 heavy (non-hydrogen) atoms. The fourth-order valence-electron chi connectivity index (χ4n) is 1.28. The number of ether oxygens (including phenoxy) is 1. The molecule has 0 aliphatic heterocycles. The molecule has 1 N–H and O–H groups in total. The Balaban J connectivity index is 2.71. The van der Waals surface area contributed by atoms with Gasteiger partial charge < -0.3 is 4.74 Å². The summed E-state index contributed by atoms with van der Waals surface area (Å²) < 4.78 is 4.71. The van der Waals surface area contributed by atoms with E-state index in [4.69, 9.17) is 16.3 Å². The Morgan fingerprint density at radius 2 is 2.12 bits per heavy atom. The van der Waals surface area contributed by atoms with E-state index in [0.717, 1.165) is 17.7 Å². The molecular weight excluding hydrogens is 240 g/mol. The molecule has 1 rings (SSSR count). The second kappa shape index (κ2) is 6.91. The summed E-state index contributed by atoms with van der Waals surface area (Å²) in [5.41, 5.74) is 4.69. The topological polar surface area (TPSA) is 50.7 Å². The molecule has 0 saturated heterocycles. The first kappa shape index (κ1) is 13.5. The molecule has 0 heterocycles. The third kappa shape index (κ3) is 4.07. The number of benzene rings is 1. The van der Waals surface area contributed by atoms with Crippen molar-refractivity contribution in [3.05, 3.63) is 29.8 Å². The van der Waals surface area contributed by atoms with Gasteiger partial charge in [-0.15, -0.1) is 0 Å². The van der Waals surface area contributed by atoms with E-state index in [2.05, 4.69) is 10.5 Å². The van der Waals surface area contributed by atoms with E-state index in [-0.39, 0.29) is 11.8 Å². The highest BCUT2D eigenvalue weighted by atomic mass is 35.5. The minimum Gasteiger partial charge on any atom is -0.461 e. The summed E-state index contributed by atoms with van der Waals surface area (Å²) in [4.78, 5) is 11.2. The Kier molecular flexibility index (Phi) is 5.49. The second-order valence-corrected chi connectivity index (χ2v) is 3.60. The van der Waals surface area contributed by atoms with Crippen LogP contribution >= 0.6 is 11.6 Å². The van der Waals surface area contributed by atoms with Crippen LogP contribution in [0.5, 0.6) is 0 Å². The summed E-state index contributed by atoms with van der Waals surface area (Å²) in [6.45, 7) is 4.02. The van der Waals surface area contributed by atoms with Crippen LogP contribution in [-0.4, -0.2) is 17.7 Å². The molecule has 0 unspecified atom stereocenters. The number of carbonyl (C=O) groups excluding carboxylic acids is 1. The number of esters is 1. The van der Waals surface area contributed by atoms with E-state index in [1.54, 1.807) is 6.92 Å². The maximum absolute atomic E-state index is 11.2. The molecule has 0 amide bonds. The fourth-order valence-corrected chi connectivity index (χ4v) is 1.38. The molecule has 0 aliphatic carbocycles. The van der Waals surface area contributed by atoms with Crippen molar-refractivity contribution in [2.75, 3.05) is 12.0 Å². The third-order valence-corrected chi connectivity index (χ3v) is 2.36. The lowest BCUT2D eigenvalue weighted by molar-refractivity contribution is -0.134. The van der Waals surface area contributed by atoms with Crippen LogP contribution in [0.3, 0.4) is 0 Å². The molecular formula is C12H15ClN2O2. The van der Waals surface area contributed by atoms with Gasteiger partial charge in [-0.25, -0.2) is 4.79 Å². The summed E-state index contributed by atoms with van der Waals surface area (Å²) in [5.74, 6) is -0.629. The number of anilines is 1. The monoisotopic (exact) mass is 254 g/mol. The highest BCUT2D eigenvalue weighted by Gasteiger charge is 2.09. The maximum Gasteiger partial charge on any atom is 0.370 e. The first-order valence-corrected chi connectivity index (χ1v) is 5.81. The number of halogens is 1. The Morgan fingerprint density at radius 3 is 2.76 bits per heavy atom. The minimum atomic E-state index is -0.629. The van der Waals surface area contributed by atoms with Crippen LogP contribution < -0.4 is 5.43 Å². The molecule has 92 valence electrons. The van der Waals surface area contributed by atoms with Crippen LogP contribution in [0.25, 0.3) is 0 Å². The van der Waals surface area contributed by atoms with Crippen LogP contribution in [-0.2, 0) is 16.0 Å². The highest BCUT2D eigenvalue weighted by molar-refractivity contribution is 6.82. The summed E-state index contributed by atoms with van der Waals surface area (Å²) in [7, 11) is 0. The number of nitrogens with zero attached hydrogens (tertiary/aromatic N) is 1. The van der Waals surface area contributed by atoms with Crippen LogP contribution in [0.1, 0.15) is 19.4 Å². The van der Waals surface area contributed by atoms with E-state index in [0.29, 0.717) is 0 Å². The van der Waals surface area contributed by atoms with E-state index in [9.17, 15) is 4.79 Å². The van der Waals surface area contributed by atoms with Gasteiger partial charge in [0.05, 0.1) is 12.3 Å². The molecule has 0 fully saturated rings. The number of rotatable bonds is 5. The van der Waals surface area contributed by atoms with Crippen molar-refractivity contribution in [2.24, 2.45) is 5.10 Å². The number of nitrogens with one attached hydrogen (secondary N) is 1. The Morgan fingerprint density at radius 1 is 1.41 bits per heavy atom. The second-order valence-electron chi connectivity index (χ2n) is 3.25. The number of hydrogen-bond acceptors (Lipinski definition) is 4. The maximum atomic E-state index is 11.2. The summed E-state index contributed by atoms with van der Waals surface area (Å²) in [5, 5.41) is 3.57. The lowest BCUT2D eigenvalue weighted by Gasteiger charge is -2.06. The predicted octanol–water partition coefficient (Wildman–Crippen LogP) is 2.78. The fraction of sp³-hybridized carbons (Fsp3) is 0.333. The van der Waals surface area contributed by atoms with E-state index >= 15 is 0 Å². The SMILES string of the molecule is CCOC(=O)C(Cl)=NNc1ccccc1CC. The van der Waals surface area contributed by atoms with Crippen LogP contribution in [0.15, 0.2) is 29.4 Å². The lowest BCUT2D eigenvalue weighted by Crippen LogP contribution is -2.13. The van der Waals surface area contributed by atoms with Gasteiger partial charge in [-0.2, -0.15) is 5.10 Å². The smallest absolute Gasteiger partial charge is 0.370 e. The van der Waals surface area contributed by atoms with Crippen molar-refractivity contribution in [3.8, 4) is 0 Å². The van der Waals surface area contributed by atoms with Gasteiger partial charge in [0.25, 0.3) is 0 Å². The molecule has 5 heteroatoms. The molecule has 1 aromatic carbocycles. The summed E-state index contributed by atoms with van der Waals surface area (Å²) >= 11 is 5.67. The Hall–Kier alpha value is -1.55. The number of carbonyl (C=O) groups is 1. The van der Waals surface area contributed by atoms with Crippen LogP contribution in [0.4, 0.5) is 5.69 Å². The number of hydrazone groups is 1. The van der Waals surface area contributed by atoms with Crippen molar-refractivity contribution < 1.29 is 9.53 Å². The van der Waals surface area contributed by atoms with E-state index in [1.807, 2.05) is 31.2 Å². The van der Waals surface area contributed by atoms with Gasteiger partial charge >= 0.3 is 5.97 Å². The average Bonchev–Trinajstić information content (AvgIpc) is 2.36. The number of para-hydroxylation sites is 1. The van der Waals surface area contributed by atoms with E-state index in [1.165, 1.54) is 0 Å². The number of hydrogen-bond donors (Lipinski definition) is 1. The van der Waals surface area contributed by atoms with Gasteiger partial charge in [0, 0.05) is 0 Å². The van der Waals surface area contributed by atoms with Gasteiger partial charge in [0.1, 0.15) is 0 Å². The first-order chi connectivity index (χ1) is 8.19. The third-order valence-electron chi connectivity index (χ3n) is 2.12. The van der Waals surface area contributed by atoms with Gasteiger partial charge in [0.2, 0.25) is 5.17 Å². The summed E-state index contributed by atoms with van der Waals surface area (Å²) in [6.07, 6.45) is 0.871. The van der Waals surface area contributed by atoms with Gasteiger partial charge in [-0.3, -0.25) is 5.43 Å². The zero-order valence-corrected chi connectivity index (χ0v) is 10.6. The molecule has 4 nitrogen and oxygen atoms in total. The Labute approximate surface area is 106 Å². The molecule has 0 aromatic heterocycles. The van der Waals surface area contributed by atoms with Crippen molar-refractivity contribution in [2.45, 2.75) is 20.3 Å². The molecule has 0 atom stereocenters. The van der Waals surface area contributed by atoms with Crippen molar-refractivity contribution >= 4 is 28.4 Å². The summed E-state index contributed by atoms with van der Waals surface area (Å²) in [6, 6.07) is 7.68.